The van der Waals surface area contributed by atoms with E-state index >= 15 is 0 Å². The molecule has 0 aliphatic carbocycles. The molecule has 0 unspecified atom stereocenters. The zero-order chi connectivity index (χ0) is 22.0. The minimum atomic E-state index is -3.97. The van der Waals surface area contributed by atoms with Crippen molar-refractivity contribution in [3.63, 3.8) is 0 Å². The molecule has 3 aromatic carbocycles. The van der Waals surface area contributed by atoms with E-state index < -0.39 is 10.0 Å². The lowest BCUT2D eigenvalue weighted by molar-refractivity contribution is 0.578. The average Bonchev–Trinajstić information content (AvgIpc) is 3.19. The highest BCUT2D eigenvalue weighted by atomic mass is 32.2. The van der Waals surface area contributed by atoms with Gasteiger partial charge in [0.2, 0.25) is 0 Å². The quantitative estimate of drug-likeness (QED) is 0.472. The van der Waals surface area contributed by atoms with E-state index in [1.165, 1.54) is 0 Å². The molecule has 4 aromatic rings. The molecule has 0 bridgehead atoms. The normalized spacial score (nSPS) is 11.3. The van der Waals surface area contributed by atoms with Gasteiger partial charge in [-0.05, 0) is 42.3 Å². The molecule has 7 heteroatoms. The third-order valence-electron chi connectivity index (χ3n) is 4.98. The van der Waals surface area contributed by atoms with Crippen LogP contribution in [0.15, 0.2) is 90.3 Å². The third-order valence-corrected chi connectivity index (χ3v) is 6.56. The number of nitrogens with one attached hydrogen (secondary N) is 1. The van der Waals surface area contributed by atoms with Crippen molar-refractivity contribution in [3.05, 3.63) is 102 Å². The van der Waals surface area contributed by atoms with Gasteiger partial charge in [-0.15, -0.1) is 9.19 Å². The molecule has 156 valence electrons. The first kappa shape index (κ1) is 20.6. The fraction of sp³-hybridized carbons (Fsp3) is 0.0833. The molecule has 0 spiro atoms. The first-order valence-corrected chi connectivity index (χ1v) is 11.2. The Balaban J connectivity index is 1.87. The molecule has 31 heavy (non-hydrogen) atoms. The summed E-state index contributed by atoms with van der Waals surface area (Å²) in [5, 5.41) is 11.4. The van der Waals surface area contributed by atoms with Crippen LogP contribution in [-0.2, 0) is 10.0 Å². The van der Waals surface area contributed by atoms with Gasteiger partial charge in [0.1, 0.15) is 5.69 Å². The van der Waals surface area contributed by atoms with Crippen LogP contribution in [0, 0.1) is 13.8 Å². The summed E-state index contributed by atoms with van der Waals surface area (Å²) < 4.78 is 27.7. The predicted molar refractivity (Wildman–Crippen MR) is 123 cm³/mol. The van der Waals surface area contributed by atoms with Crippen molar-refractivity contribution in [1.82, 2.24) is 14.4 Å². The van der Waals surface area contributed by atoms with Gasteiger partial charge < -0.3 is 5.32 Å². The number of hydrogen-bond donors (Lipinski definition) is 1. The molecule has 0 fully saturated rings. The molecule has 0 aliphatic rings. The monoisotopic (exact) mass is 430 g/mol. The molecule has 0 atom stereocenters. The van der Waals surface area contributed by atoms with E-state index in [9.17, 15) is 8.42 Å². The van der Waals surface area contributed by atoms with Gasteiger partial charge >= 0.3 is 0 Å². The summed E-state index contributed by atoms with van der Waals surface area (Å²) in [6.45, 7) is 7.93. The second-order valence-corrected chi connectivity index (χ2v) is 9.00. The molecule has 0 amide bonds. The predicted octanol–water partition coefficient (Wildman–Crippen LogP) is 4.88. The van der Waals surface area contributed by atoms with Crippen LogP contribution in [0.5, 0.6) is 0 Å². The molecule has 1 N–H and O–H groups in total. The lowest BCUT2D eigenvalue weighted by Crippen LogP contribution is -2.18. The summed E-state index contributed by atoms with van der Waals surface area (Å²) in [6, 6.07) is 23.7. The third kappa shape index (κ3) is 4.00. The van der Waals surface area contributed by atoms with Crippen LogP contribution in [0.25, 0.3) is 17.0 Å². The Bertz CT molecular complexity index is 1340. The largest absolute Gasteiger partial charge is 0.338 e. The maximum absolute atomic E-state index is 13.4. The van der Waals surface area contributed by atoms with Gasteiger partial charge in [-0.25, -0.2) is 0 Å². The smallest absolute Gasteiger partial charge is 0.286 e. The summed E-state index contributed by atoms with van der Waals surface area (Å²) in [5.74, 6) is 0.240. The van der Waals surface area contributed by atoms with Crippen LogP contribution in [0.1, 0.15) is 16.7 Å². The van der Waals surface area contributed by atoms with Crippen LogP contribution < -0.4 is 5.32 Å². The zero-order valence-corrected chi connectivity index (χ0v) is 18.1. The summed E-state index contributed by atoms with van der Waals surface area (Å²) in [6.07, 6.45) is 0. The molecule has 4 rings (SSSR count). The maximum Gasteiger partial charge on any atom is 0.286 e. The second-order valence-electron chi connectivity index (χ2n) is 7.23. The highest BCUT2D eigenvalue weighted by molar-refractivity contribution is 7.90. The van der Waals surface area contributed by atoms with E-state index in [-0.39, 0.29) is 10.7 Å². The Labute approximate surface area is 181 Å². The highest BCUT2D eigenvalue weighted by Gasteiger charge is 2.27. The van der Waals surface area contributed by atoms with E-state index in [4.69, 9.17) is 0 Å². The maximum atomic E-state index is 13.4. The van der Waals surface area contributed by atoms with Gasteiger partial charge in [0.05, 0.1) is 4.90 Å². The van der Waals surface area contributed by atoms with Gasteiger partial charge in [0.25, 0.3) is 10.0 Å². The van der Waals surface area contributed by atoms with Crippen molar-refractivity contribution in [1.29, 1.82) is 0 Å². The van der Waals surface area contributed by atoms with E-state index in [1.807, 2.05) is 68.4 Å². The minimum Gasteiger partial charge on any atom is -0.338 e. The summed E-state index contributed by atoms with van der Waals surface area (Å²) in [4.78, 5) is 0.132. The Morgan fingerprint density at radius 2 is 1.55 bits per heavy atom. The molecule has 0 aliphatic heterocycles. The Hall–Kier alpha value is -3.71. The molecular formula is C24H22N4O2S. The summed E-state index contributed by atoms with van der Waals surface area (Å²) in [7, 11) is -3.97. The number of nitrogens with zero attached hydrogens (tertiary/aromatic N) is 3. The molecular weight excluding hydrogens is 408 g/mol. The number of benzene rings is 3. The highest BCUT2D eigenvalue weighted by Crippen LogP contribution is 2.32. The number of hydrogen-bond acceptors (Lipinski definition) is 5. The average molecular weight is 431 g/mol. The van der Waals surface area contributed by atoms with Crippen LogP contribution in [0.4, 0.5) is 5.82 Å². The standard InChI is InChI=1S/C24H22N4O2S/c1-17-13-15-21(16-14-17)31(29,30)28-24(25-19(3)20-10-5-4-6-11-20)23(26-27-28)22-12-8-7-9-18(22)2/h4-16,25H,3H2,1-2H3. The minimum absolute atomic E-state index is 0.132. The lowest BCUT2D eigenvalue weighted by atomic mass is 10.1. The van der Waals surface area contributed by atoms with Crippen molar-refractivity contribution in [3.8, 4) is 11.3 Å². The van der Waals surface area contributed by atoms with Crippen LogP contribution in [0.3, 0.4) is 0 Å². The van der Waals surface area contributed by atoms with Crippen LogP contribution in [-0.4, -0.2) is 22.8 Å². The van der Waals surface area contributed by atoms with Crippen molar-refractivity contribution in [2.45, 2.75) is 18.7 Å². The van der Waals surface area contributed by atoms with Gasteiger partial charge in [-0.2, -0.15) is 8.42 Å². The van der Waals surface area contributed by atoms with Crippen molar-refractivity contribution in [2.24, 2.45) is 0 Å². The van der Waals surface area contributed by atoms with E-state index in [0.29, 0.717) is 11.4 Å². The number of aryl methyl sites for hydroxylation is 2. The fourth-order valence-electron chi connectivity index (χ4n) is 3.23. The van der Waals surface area contributed by atoms with Crippen molar-refractivity contribution < 1.29 is 8.42 Å². The van der Waals surface area contributed by atoms with E-state index in [1.54, 1.807) is 24.3 Å². The molecule has 1 heterocycles. The summed E-state index contributed by atoms with van der Waals surface area (Å²) in [5.41, 5.74) is 4.52. The SMILES string of the molecule is C=C(Nc1c(-c2ccccc2C)nnn1S(=O)(=O)c1ccc(C)cc1)c1ccccc1. The molecule has 0 radical (unpaired) electrons. The first-order valence-electron chi connectivity index (χ1n) is 9.73. The Kier molecular flexibility index (Phi) is 5.44. The zero-order valence-electron chi connectivity index (χ0n) is 17.3. The lowest BCUT2D eigenvalue weighted by Gasteiger charge is -2.14. The van der Waals surface area contributed by atoms with Crippen molar-refractivity contribution >= 4 is 21.5 Å². The van der Waals surface area contributed by atoms with Crippen molar-refractivity contribution in [2.75, 3.05) is 5.32 Å². The second kappa shape index (κ2) is 8.20. The topological polar surface area (TPSA) is 76.9 Å². The van der Waals surface area contributed by atoms with Gasteiger partial charge in [-0.1, -0.05) is 78.9 Å². The number of anilines is 1. The van der Waals surface area contributed by atoms with Gasteiger partial charge in [0.15, 0.2) is 5.82 Å². The summed E-state index contributed by atoms with van der Waals surface area (Å²) >= 11 is 0. The van der Waals surface area contributed by atoms with Crippen LogP contribution in [0.2, 0.25) is 0 Å². The van der Waals surface area contributed by atoms with Gasteiger partial charge in [-0.3, -0.25) is 0 Å². The van der Waals surface area contributed by atoms with E-state index in [2.05, 4.69) is 22.2 Å². The number of aromatic nitrogens is 3. The molecule has 0 saturated carbocycles. The van der Waals surface area contributed by atoms with Gasteiger partial charge in [0, 0.05) is 11.3 Å². The Morgan fingerprint density at radius 3 is 2.23 bits per heavy atom. The molecule has 1 aromatic heterocycles. The molecule has 0 saturated heterocycles. The fourth-order valence-corrected chi connectivity index (χ4v) is 4.41. The molecule has 6 nitrogen and oxygen atoms in total. The van der Waals surface area contributed by atoms with Crippen LogP contribution >= 0.6 is 0 Å². The number of rotatable bonds is 6. The first-order chi connectivity index (χ1) is 14.9. The van der Waals surface area contributed by atoms with E-state index in [0.717, 1.165) is 26.3 Å². The Morgan fingerprint density at radius 1 is 0.903 bits per heavy atom.